The van der Waals surface area contributed by atoms with Gasteiger partial charge < -0.3 is 24.8 Å². The number of carbonyl (C=O) groups is 1. The van der Waals surface area contributed by atoms with Crippen LogP contribution in [0.3, 0.4) is 0 Å². The van der Waals surface area contributed by atoms with Crippen molar-refractivity contribution in [2.24, 2.45) is 4.99 Å². The van der Waals surface area contributed by atoms with Gasteiger partial charge in [0.15, 0.2) is 17.5 Å². The molecule has 0 aliphatic carbocycles. The van der Waals surface area contributed by atoms with Crippen LogP contribution in [0.15, 0.2) is 47.5 Å². The number of halogens is 1. The number of hydrogen-bond donors (Lipinski definition) is 3. The average Bonchev–Trinajstić information content (AvgIpc) is 2.78. The highest BCUT2D eigenvalue weighted by Gasteiger charge is 2.12. The van der Waals surface area contributed by atoms with Gasteiger partial charge in [-0.1, -0.05) is 18.2 Å². The molecular formula is C23H33IN4O4. The number of methoxy groups -OCH3 is 1. The Kier molecular flexibility index (Phi) is 12.3. The zero-order chi connectivity index (χ0) is 22.6. The van der Waals surface area contributed by atoms with Crippen molar-refractivity contribution < 1.29 is 19.0 Å². The number of nitrogens with zero attached hydrogens (tertiary/aromatic N) is 1. The lowest BCUT2D eigenvalue weighted by molar-refractivity contribution is 0.187. The standard InChI is InChI=1S/C23H32N4O4.HI/c1-6-30-20-13-10-18(14-21(20)31-7-2)16(3)26-22(24-4)25-15-17-8-11-19(12-9-17)27-23(28)29-5;/h8-14,16H,6-7,15H2,1-5H3,(H,27,28)(H2,24,25,26);1H. The van der Waals surface area contributed by atoms with E-state index in [-0.39, 0.29) is 30.0 Å². The SMILES string of the molecule is CCOc1ccc(C(C)NC(=NC)NCc2ccc(NC(=O)OC)cc2)cc1OCC.I. The summed E-state index contributed by atoms with van der Waals surface area (Å²) < 4.78 is 16.0. The third-order valence-corrected chi connectivity index (χ3v) is 4.49. The smallest absolute Gasteiger partial charge is 0.411 e. The van der Waals surface area contributed by atoms with Crippen molar-refractivity contribution in [2.75, 3.05) is 32.7 Å². The van der Waals surface area contributed by atoms with Crippen LogP contribution in [-0.4, -0.2) is 39.4 Å². The minimum absolute atomic E-state index is 0. The summed E-state index contributed by atoms with van der Waals surface area (Å²) in [6, 6.07) is 13.4. The second-order valence-electron chi connectivity index (χ2n) is 6.68. The largest absolute Gasteiger partial charge is 0.490 e. The third-order valence-electron chi connectivity index (χ3n) is 4.49. The fraction of sp³-hybridized carbons (Fsp3) is 0.391. The molecule has 0 spiro atoms. The Morgan fingerprint density at radius 1 is 1.03 bits per heavy atom. The van der Waals surface area contributed by atoms with Crippen molar-refractivity contribution in [2.45, 2.75) is 33.4 Å². The fourth-order valence-corrected chi connectivity index (χ4v) is 2.88. The number of hydrogen-bond acceptors (Lipinski definition) is 5. The summed E-state index contributed by atoms with van der Waals surface area (Å²) in [6.45, 7) is 7.70. The van der Waals surface area contributed by atoms with Gasteiger partial charge in [0.25, 0.3) is 0 Å². The number of carbonyl (C=O) groups excluding carboxylic acids is 1. The molecule has 0 saturated carbocycles. The Balaban J connectivity index is 0.00000512. The summed E-state index contributed by atoms with van der Waals surface area (Å²) in [5, 5.41) is 9.32. The number of anilines is 1. The van der Waals surface area contributed by atoms with Gasteiger partial charge in [-0.2, -0.15) is 0 Å². The van der Waals surface area contributed by atoms with Gasteiger partial charge in [-0.15, -0.1) is 24.0 Å². The molecule has 8 nitrogen and oxygen atoms in total. The zero-order valence-corrected chi connectivity index (χ0v) is 21.6. The Morgan fingerprint density at radius 2 is 1.69 bits per heavy atom. The second-order valence-corrected chi connectivity index (χ2v) is 6.68. The molecule has 0 aliphatic rings. The molecule has 1 amide bonds. The summed E-state index contributed by atoms with van der Waals surface area (Å²) in [5.74, 6) is 2.16. The maximum Gasteiger partial charge on any atom is 0.411 e. The normalized spacial score (nSPS) is 11.6. The molecule has 2 aromatic carbocycles. The van der Waals surface area contributed by atoms with Crippen LogP contribution in [0.2, 0.25) is 0 Å². The molecule has 9 heteroatoms. The van der Waals surface area contributed by atoms with Crippen molar-refractivity contribution in [1.29, 1.82) is 0 Å². The lowest BCUT2D eigenvalue weighted by Crippen LogP contribution is -2.38. The molecule has 2 rings (SSSR count). The fourth-order valence-electron chi connectivity index (χ4n) is 2.88. The summed E-state index contributed by atoms with van der Waals surface area (Å²) in [6.07, 6.45) is -0.494. The number of rotatable bonds is 9. The Morgan fingerprint density at radius 3 is 2.28 bits per heavy atom. The van der Waals surface area contributed by atoms with Gasteiger partial charge in [-0.05, 0) is 56.2 Å². The van der Waals surface area contributed by atoms with Gasteiger partial charge in [0.2, 0.25) is 0 Å². The number of amides is 1. The van der Waals surface area contributed by atoms with Crippen LogP contribution in [-0.2, 0) is 11.3 Å². The highest BCUT2D eigenvalue weighted by atomic mass is 127. The van der Waals surface area contributed by atoms with Crippen molar-refractivity contribution >= 4 is 41.7 Å². The number of benzene rings is 2. The minimum atomic E-state index is -0.494. The monoisotopic (exact) mass is 556 g/mol. The predicted octanol–water partition coefficient (Wildman–Crippen LogP) is 4.71. The summed E-state index contributed by atoms with van der Waals surface area (Å²) in [5.41, 5.74) is 2.78. The zero-order valence-electron chi connectivity index (χ0n) is 19.2. The van der Waals surface area contributed by atoms with Crippen molar-refractivity contribution in [1.82, 2.24) is 10.6 Å². The molecule has 0 bridgehead atoms. The molecule has 1 atom stereocenters. The first-order valence-corrected chi connectivity index (χ1v) is 10.3. The average molecular weight is 556 g/mol. The van der Waals surface area contributed by atoms with Crippen LogP contribution in [0.25, 0.3) is 0 Å². The first kappa shape index (κ1) is 27.3. The van der Waals surface area contributed by atoms with Crippen LogP contribution < -0.4 is 25.4 Å². The van der Waals surface area contributed by atoms with E-state index in [0.29, 0.717) is 31.4 Å². The van der Waals surface area contributed by atoms with Crippen LogP contribution in [0.4, 0.5) is 10.5 Å². The summed E-state index contributed by atoms with van der Waals surface area (Å²) in [7, 11) is 3.06. The molecule has 0 aliphatic heterocycles. The molecular weight excluding hydrogens is 523 g/mol. The van der Waals surface area contributed by atoms with Crippen LogP contribution >= 0.6 is 24.0 Å². The molecule has 3 N–H and O–H groups in total. The van der Waals surface area contributed by atoms with E-state index in [1.54, 1.807) is 7.05 Å². The van der Waals surface area contributed by atoms with Gasteiger partial charge >= 0.3 is 6.09 Å². The van der Waals surface area contributed by atoms with Gasteiger partial charge in [0.1, 0.15) is 0 Å². The van der Waals surface area contributed by atoms with E-state index >= 15 is 0 Å². The lowest BCUT2D eigenvalue weighted by Gasteiger charge is -2.20. The van der Waals surface area contributed by atoms with Gasteiger partial charge in [-0.25, -0.2) is 4.79 Å². The van der Waals surface area contributed by atoms with Crippen LogP contribution in [0, 0.1) is 0 Å². The summed E-state index contributed by atoms with van der Waals surface area (Å²) in [4.78, 5) is 15.6. The first-order valence-electron chi connectivity index (χ1n) is 10.3. The van der Waals surface area contributed by atoms with E-state index in [1.165, 1.54) is 7.11 Å². The number of guanidine groups is 1. The van der Waals surface area contributed by atoms with E-state index in [2.05, 4.69) is 32.6 Å². The first-order chi connectivity index (χ1) is 15.0. The van der Waals surface area contributed by atoms with Gasteiger partial charge in [0.05, 0.1) is 26.4 Å². The number of nitrogens with one attached hydrogen (secondary N) is 3. The number of aliphatic imine (C=N–C) groups is 1. The maximum absolute atomic E-state index is 11.3. The molecule has 1 unspecified atom stereocenters. The van der Waals surface area contributed by atoms with Gasteiger partial charge in [0, 0.05) is 19.3 Å². The van der Waals surface area contributed by atoms with E-state index in [1.807, 2.05) is 56.3 Å². The predicted molar refractivity (Wildman–Crippen MR) is 138 cm³/mol. The van der Waals surface area contributed by atoms with Crippen molar-refractivity contribution in [3.05, 3.63) is 53.6 Å². The highest BCUT2D eigenvalue weighted by Crippen LogP contribution is 2.30. The molecule has 32 heavy (non-hydrogen) atoms. The molecule has 0 radical (unpaired) electrons. The van der Waals surface area contributed by atoms with E-state index < -0.39 is 6.09 Å². The minimum Gasteiger partial charge on any atom is -0.490 e. The van der Waals surface area contributed by atoms with E-state index in [9.17, 15) is 4.79 Å². The molecule has 0 heterocycles. The molecule has 0 aromatic heterocycles. The van der Waals surface area contributed by atoms with Crippen LogP contribution in [0.1, 0.15) is 37.9 Å². The van der Waals surface area contributed by atoms with Gasteiger partial charge in [-0.3, -0.25) is 10.3 Å². The highest BCUT2D eigenvalue weighted by molar-refractivity contribution is 14.0. The number of ether oxygens (including phenoxy) is 3. The van der Waals surface area contributed by atoms with Crippen molar-refractivity contribution in [3.8, 4) is 11.5 Å². The molecule has 2 aromatic rings. The van der Waals surface area contributed by atoms with Crippen molar-refractivity contribution in [3.63, 3.8) is 0 Å². The second kappa shape index (κ2) is 14.4. The third kappa shape index (κ3) is 8.45. The quantitative estimate of drug-likeness (QED) is 0.236. The van der Waals surface area contributed by atoms with Crippen LogP contribution in [0.5, 0.6) is 11.5 Å². The molecule has 0 fully saturated rings. The molecule has 0 saturated heterocycles. The Hall–Kier alpha value is -2.69. The van der Waals surface area contributed by atoms with E-state index in [4.69, 9.17) is 9.47 Å². The summed E-state index contributed by atoms with van der Waals surface area (Å²) >= 11 is 0. The Labute approximate surface area is 207 Å². The topological polar surface area (TPSA) is 93.2 Å². The van der Waals surface area contributed by atoms with E-state index in [0.717, 1.165) is 22.6 Å². The molecule has 176 valence electrons. The maximum atomic E-state index is 11.3. The Bertz CT molecular complexity index is 875. The lowest BCUT2D eigenvalue weighted by atomic mass is 10.1.